The van der Waals surface area contributed by atoms with Crippen LogP contribution in [0.1, 0.15) is 31.2 Å². The smallest absolute Gasteiger partial charge is 0.119 e. The second-order valence-electron chi connectivity index (χ2n) is 5.99. The van der Waals surface area contributed by atoms with Crippen LogP contribution in [0, 0.1) is 0 Å². The zero-order valence-corrected chi connectivity index (χ0v) is 12.0. The van der Waals surface area contributed by atoms with Gasteiger partial charge in [0.15, 0.2) is 0 Å². The van der Waals surface area contributed by atoms with Crippen LogP contribution in [0.3, 0.4) is 0 Å². The molecule has 1 saturated heterocycles. The molecule has 4 heteroatoms. The minimum absolute atomic E-state index is 0.0214. The predicted molar refractivity (Wildman–Crippen MR) is 80.3 cm³/mol. The number of phenols is 1. The fourth-order valence-electron chi connectivity index (χ4n) is 3.60. The SMILES string of the molecule is NCC1(c2cc(N3CCOCC3)ccc2O)CCCC1. The molecule has 0 spiro atoms. The quantitative estimate of drug-likeness (QED) is 0.886. The van der Waals surface area contributed by atoms with Gasteiger partial charge in [0.25, 0.3) is 0 Å². The van der Waals surface area contributed by atoms with Gasteiger partial charge in [0.2, 0.25) is 0 Å². The van der Waals surface area contributed by atoms with Crippen LogP contribution in [0.15, 0.2) is 18.2 Å². The Hall–Kier alpha value is -1.26. The summed E-state index contributed by atoms with van der Waals surface area (Å²) >= 11 is 0. The second kappa shape index (κ2) is 5.62. The van der Waals surface area contributed by atoms with Crippen molar-refractivity contribution in [2.75, 3.05) is 37.7 Å². The highest BCUT2D eigenvalue weighted by Gasteiger charge is 2.36. The third kappa shape index (κ3) is 2.38. The molecule has 1 aliphatic heterocycles. The molecule has 0 unspecified atom stereocenters. The molecule has 2 aliphatic rings. The van der Waals surface area contributed by atoms with E-state index in [1.807, 2.05) is 12.1 Å². The lowest BCUT2D eigenvalue weighted by Crippen LogP contribution is -2.37. The zero-order valence-electron chi connectivity index (χ0n) is 12.0. The third-order valence-electron chi connectivity index (χ3n) is 4.88. The van der Waals surface area contributed by atoms with Crippen molar-refractivity contribution in [3.05, 3.63) is 23.8 Å². The molecule has 0 bridgehead atoms. The number of aromatic hydroxyl groups is 1. The van der Waals surface area contributed by atoms with Gasteiger partial charge in [-0.05, 0) is 31.0 Å². The summed E-state index contributed by atoms with van der Waals surface area (Å²) in [5.74, 6) is 0.398. The maximum absolute atomic E-state index is 10.3. The van der Waals surface area contributed by atoms with Crippen molar-refractivity contribution >= 4 is 5.69 Å². The summed E-state index contributed by atoms with van der Waals surface area (Å²) in [6, 6.07) is 5.98. The molecule has 3 N–H and O–H groups in total. The standard InChI is InChI=1S/C16H24N2O2/c17-12-16(5-1-2-6-16)14-11-13(3-4-15(14)19)18-7-9-20-10-8-18/h3-4,11,19H,1-2,5-10,12,17H2. The van der Waals surface area contributed by atoms with Crippen molar-refractivity contribution in [3.8, 4) is 5.75 Å². The minimum atomic E-state index is -0.0214. The number of rotatable bonds is 3. The van der Waals surface area contributed by atoms with Gasteiger partial charge in [-0.1, -0.05) is 12.8 Å². The number of nitrogens with two attached hydrogens (primary N) is 1. The van der Waals surface area contributed by atoms with Gasteiger partial charge in [0.05, 0.1) is 13.2 Å². The molecule has 2 fully saturated rings. The summed E-state index contributed by atoms with van der Waals surface area (Å²) in [6.45, 7) is 4.00. The van der Waals surface area contributed by atoms with E-state index < -0.39 is 0 Å². The fraction of sp³-hybridized carbons (Fsp3) is 0.625. The monoisotopic (exact) mass is 276 g/mol. The number of anilines is 1. The summed E-state index contributed by atoms with van der Waals surface area (Å²) in [5, 5.41) is 10.3. The molecule has 20 heavy (non-hydrogen) atoms. The fourth-order valence-corrected chi connectivity index (χ4v) is 3.60. The molecule has 0 aromatic heterocycles. The van der Waals surface area contributed by atoms with Crippen LogP contribution in [0.25, 0.3) is 0 Å². The largest absolute Gasteiger partial charge is 0.508 e. The Morgan fingerprint density at radius 3 is 2.55 bits per heavy atom. The van der Waals surface area contributed by atoms with Gasteiger partial charge in [-0.3, -0.25) is 0 Å². The number of phenolic OH excluding ortho intramolecular Hbond substituents is 1. The van der Waals surface area contributed by atoms with E-state index in [1.54, 1.807) is 0 Å². The number of ether oxygens (including phenoxy) is 1. The van der Waals surface area contributed by atoms with Gasteiger partial charge in [-0.15, -0.1) is 0 Å². The summed E-state index contributed by atoms with van der Waals surface area (Å²) in [6.07, 6.45) is 4.59. The van der Waals surface area contributed by atoms with Crippen LogP contribution < -0.4 is 10.6 Å². The Labute approximate surface area is 120 Å². The Kier molecular flexibility index (Phi) is 3.85. The average Bonchev–Trinajstić information content (AvgIpc) is 2.98. The summed E-state index contributed by atoms with van der Waals surface area (Å²) in [5.41, 5.74) is 8.26. The van der Waals surface area contributed by atoms with Crippen LogP contribution in [-0.4, -0.2) is 38.0 Å². The molecular weight excluding hydrogens is 252 g/mol. The topological polar surface area (TPSA) is 58.7 Å². The maximum Gasteiger partial charge on any atom is 0.119 e. The van der Waals surface area contributed by atoms with Gasteiger partial charge >= 0.3 is 0 Å². The first-order valence-electron chi connectivity index (χ1n) is 7.61. The molecule has 1 saturated carbocycles. The first-order valence-corrected chi connectivity index (χ1v) is 7.61. The van der Waals surface area contributed by atoms with Crippen molar-refractivity contribution in [1.82, 2.24) is 0 Å². The number of benzene rings is 1. The number of morpholine rings is 1. The van der Waals surface area contributed by atoms with Gasteiger partial charge in [0.1, 0.15) is 5.75 Å². The predicted octanol–water partition coefficient (Wildman–Crippen LogP) is 2.00. The summed E-state index contributed by atoms with van der Waals surface area (Å²) < 4.78 is 5.40. The lowest BCUT2D eigenvalue weighted by molar-refractivity contribution is 0.122. The molecule has 1 aromatic rings. The van der Waals surface area contributed by atoms with Crippen LogP contribution in [0.4, 0.5) is 5.69 Å². The Morgan fingerprint density at radius 2 is 1.90 bits per heavy atom. The lowest BCUT2D eigenvalue weighted by Gasteiger charge is -2.33. The van der Waals surface area contributed by atoms with Crippen LogP contribution in [-0.2, 0) is 10.2 Å². The molecule has 0 atom stereocenters. The highest BCUT2D eigenvalue weighted by Crippen LogP contribution is 2.44. The van der Waals surface area contributed by atoms with Crippen molar-refractivity contribution in [2.24, 2.45) is 5.73 Å². The summed E-state index contributed by atoms with van der Waals surface area (Å²) in [7, 11) is 0. The highest BCUT2D eigenvalue weighted by molar-refractivity contribution is 5.55. The normalized spacial score (nSPS) is 22.1. The van der Waals surface area contributed by atoms with E-state index in [9.17, 15) is 5.11 Å². The maximum atomic E-state index is 10.3. The first kappa shape index (κ1) is 13.7. The molecule has 1 aromatic carbocycles. The molecule has 110 valence electrons. The Bertz CT molecular complexity index is 464. The van der Waals surface area contributed by atoms with Crippen LogP contribution in [0.5, 0.6) is 5.75 Å². The molecule has 0 amide bonds. The summed E-state index contributed by atoms with van der Waals surface area (Å²) in [4.78, 5) is 2.33. The number of nitrogens with zero attached hydrogens (tertiary/aromatic N) is 1. The average molecular weight is 276 g/mol. The van der Waals surface area contributed by atoms with Crippen molar-refractivity contribution in [1.29, 1.82) is 0 Å². The highest BCUT2D eigenvalue weighted by atomic mass is 16.5. The van der Waals surface area contributed by atoms with E-state index in [2.05, 4.69) is 11.0 Å². The number of hydrogen-bond acceptors (Lipinski definition) is 4. The third-order valence-corrected chi connectivity index (χ3v) is 4.88. The molecular formula is C16H24N2O2. The van der Waals surface area contributed by atoms with E-state index >= 15 is 0 Å². The lowest BCUT2D eigenvalue weighted by atomic mass is 9.78. The molecule has 1 aliphatic carbocycles. The van der Waals surface area contributed by atoms with Crippen molar-refractivity contribution < 1.29 is 9.84 Å². The van der Waals surface area contributed by atoms with E-state index in [-0.39, 0.29) is 5.41 Å². The number of hydrogen-bond donors (Lipinski definition) is 2. The Balaban J connectivity index is 1.93. The van der Waals surface area contributed by atoms with Gasteiger partial charge < -0.3 is 20.5 Å². The van der Waals surface area contributed by atoms with Gasteiger partial charge in [-0.2, -0.15) is 0 Å². The first-order chi connectivity index (χ1) is 9.75. The van der Waals surface area contributed by atoms with E-state index in [1.165, 1.54) is 18.5 Å². The molecule has 4 nitrogen and oxygen atoms in total. The van der Waals surface area contributed by atoms with Crippen molar-refractivity contribution in [3.63, 3.8) is 0 Å². The van der Waals surface area contributed by atoms with Gasteiger partial charge in [0, 0.05) is 36.3 Å². The molecule has 0 radical (unpaired) electrons. The van der Waals surface area contributed by atoms with E-state index in [0.717, 1.165) is 44.7 Å². The van der Waals surface area contributed by atoms with E-state index in [0.29, 0.717) is 12.3 Å². The van der Waals surface area contributed by atoms with Gasteiger partial charge in [-0.25, -0.2) is 0 Å². The zero-order chi connectivity index (χ0) is 14.0. The molecule has 1 heterocycles. The van der Waals surface area contributed by atoms with E-state index in [4.69, 9.17) is 10.5 Å². The van der Waals surface area contributed by atoms with Crippen LogP contribution >= 0.6 is 0 Å². The van der Waals surface area contributed by atoms with Crippen LogP contribution in [0.2, 0.25) is 0 Å². The minimum Gasteiger partial charge on any atom is -0.508 e. The van der Waals surface area contributed by atoms with Crippen molar-refractivity contribution in [2.45, 2.75) is 31.1 Å². The molecule has 3 rings (SSSR count). The second-order valence-corrected chi connectivity index (χ2v) is 5.99. The Morgan fingerprint density at radius 1 is 1.20 bits per heavy atom.